The molecule has 4 aromatic carbocycles. The maximum absolute atomic E-state index is 6.85. The zero-order valence-electron chi connectivity index (χ0n) is 24.1. The summed E-state index contributed by atoms with van der Waals surface area (Å²) in [6, 6.07) is 27.5. The number of halogens is 1. The Hall–Kier alpha value is -6.46. The second kappa shape index (κ2) is 9.77. The zero-order valence-corrected chi connectivity index (χ0v) is 24.9. The van der Waals surface area contributed by atoms with Crippen molar-refractivity contribution in [3.63, 3.8) is 0 Å². The van der Waals surface area contributed by atoms with Crippen LogP contribution >= 0.6 is 11.6 Å². The second-order valence-corrected chi connectivity index (χ2v) is 11.5. The van der Waals surface area contributed by atoms with Crippen molar-refractivity contribution in [2.24, 2.45) is 0 Å². The van der Waals surface area contributed by atoms with Crippen LogP contribution in [-0.2, 0) is 0 Å². The van der Waals surface area contributed by atoms with Gasteiger partial charge in [0.05, 0.1) is 5.02 Å². The van der Waals surface area contributed by atoms with Crippen molar-refractivity contribution in [1.29, 1.82) is 0 Å². The monoisotopic (exact) mass is 627 g/mol. The lowest BCUT2D eigenvalue weighted by molar-refractivity contribution is 1.06. The lowest BCUT2D eigenvalue weighted by atomic mass is 10.1. The van der Waals surface area contributed by atoms with E-state index in [4.69, 9.17) is 41.5 Å². The van der Waals surface area contributed by atoms with Crippen LogP contribution in [0, 0.1) is 0 Å². The highest BCUT2D eigenvalue weighted by Gasteiger charge is 2.23. The van der Waals surface area contributed by atoms with E-state index in [2.05, 4.69) is 24.9 Å². The normalized spacial score (nSPS) is 11.9. The molecule has 0 saturated heterocycles. The number of hydrogen-bond acceptors (Lipinski definition) is 9. The number of rotatable bonds is 1. The highest BCUT2D eigenvalue weighted by Crippen LogP contribution is 2.40. The van der Waals surface area contributed by atoms with E-state index in [1.165, 1.54) is 12.7 Å². The van der Waals surface area contributed by atoms with E-state index < -0.39 is 0 Å². The third-order valence-corrected chi connectivity index (χ3v) is 8.70. The molecule has 0 spiro atoms. The first-order chi connectivity index (χ1) is 23.2. The van der Waals surface area contributed by atoms with Crippen molar-refractivity contribution in [2.75, 3.05) is 0 Å². The summed E-state index contributed by atoms with van der Waals surface area (Å²) >= 11 is 6.85. The first-order valence-corrected chi connectivity index (χ1v) is 15.1. The molecule has 8 aromatic rings. The minimum Gasteiger partial charge on any atom is -0.324 e. The van der Waals surface area contributed by atoms with Gasteiger partial charge in [0, 0.05) is 49.4 Å². The van der Waals surface area contributed by atoms with Gasteiger partial charge in [0.2, 0.25) is 0 Å². The van der Waals surface area contributed by atoms with Crippen LogP contribution in [0.15, 0.2) is 97.6 Å². The standard InChI is InChI=1S/C35H18ClN11/c36-24-14-13-23-25(26(24)34-38-15-37-16-39-34)35-46-32-22-12-6-5-11-21(22)30(44-32)42-28-18-8-2-1-7-17(18)27(40-28)41-29-19-9-3-4-10-20(19)31(43-29)45-33(23)47-35/h1-16H,(H2,40,41,42,43,44,45,46,47). The van der Waals surface area contributed by atoms with Gasteiger partial charge in [-0.2, -0.15) is 0 Å². The van der Waals surface area contributed by atoms with E-state index in [0.717, 1.165) is 38.4 Å². The molecule has 2 aliphatic rings. The van der Waals surface area contributed by atoms with Gasteiger partial charge in [-0.25, -0.2) is 44.9 Å². The number of hydrogen-bond donors (Lipinski definition) is 2. The fourth-order valence-corrected chi connectivity index (χ4v) is 6.53. The number of fused-ring (bicyclic) bond motifs is 20. The highest BCUT2D eigenvalue weighted by atomic mass is 35.5. The summed E-state index contributed by atoms with van der Waals surface area (Å²) in [5, 5.41) is 3.75. The van der Waals surface area contributed by atoms with Crippen LogP contribution in [0.3, 0.4) is 0 Å². The minimum atomic E-state index is 0.409. The summed E-state index contributed by atoms with van der Waals surface area (Å²) in [5.74, 6) is 2.48. The summed E-state index contributed by atoms with van der Waals surface area (Å²) in [6.45, 7) is 0. The van der Waals surface area contributed by atoms with Gasteiger partial charge in [-0.1, -0.05) is 84.4 Å². The molecule has 0 fully saturated rings. The fourth-order valence-electron chi connectivity index (χ4n) is 6.29. The lowest BCUT2D eigenvalue weighted by Crippen LogP contribution is -1.91. The number of benzene rings is 4. The molecule has 6 heterocycles. The van der Waals surface area contributed by atoms with Crippen molar-refractivity contribution in [2.45, 2.75) is 0 Å². The molecule has 12 heteroatoms. The predicted octanol–water partition coefficient (Wildman–Crippen LogP) is 7.37. The Morgan fingerprint density at radius 3 is 1.40 bits per heavy atom. The Labute approximate surface area is 269 Å². The molecule has 0 aliphatic carbocycles. The van der Waals surface area contributed by atoms with Crippen LogP contribution in [0.25, 0.3) is 101 Å². The topological polar surface area (TPSA) is 148 Å². The molecular formula is C35H18ClN11. The molecule has 10 rings (SSSR count). The first kappa shape index (κ1) is 25.8. The van der Waals surface area contributed by atoms with Gasteiger partial charge >= 0.3 is 0 Å². The average Bonchev–Trinajstić information content (AvgIpc) is 3.84. The van der Waals surface area contributed by atoms with Gasteiger partial charge in [0.15, 0.2) is 29.1 Å². The van der Waals surface area contributed by atoms with Crippen molar-refractivity contribution in [3.05, 3.63) is 103 Å². The maximum atomic E-state index is 6.85. The van der Waals surface area contributed by atoms with E-state index in [1.807, 2.05) is 78.9 Å². The fraction of sp³-hybridized carbons (Fsp3) is 0. The van der Waals surface area contributed by atoms with E-state index in [1.54, 1.807) is 6.07 Å². The Morgan fingerprint density at radius 2 is 0.872 bits per heavy atom. The number of aromatic nitrogens is 11. The van der Waals surface area contributed by atoms with Gasteiger partial charge in [-0.3, -0.25) is 0 Å². The molecule has 220 valence electrons. The van der Waals surface area contributed by atoms with E-state index >= 15 is 0 Å². The van der Waals surface area contributed by atoms with Gasteiger partial charge < -0.3 is 9.97 Å². The first-order valence-electron chi connectivity index (χ1n) is 14.7. The third-order valence-electron chi connectivity index (χ3n) is 8.39. The van der Waals surface area contributed by atoms with Gasteiger partial charge in [0.25, 0.3) is 0 Å². The molecule has 2 aliphatic heterocycles. The van der Waals surface area contributed by atoms with Crippen molar-refractivity contribution in [3.8, 4) is 56.9 Å². The van der Waals surface area contributed by atoms with Crippen LogP contribution in [-0.4, -0.2) is 54.8 Å². The number of nitrogens with one attached hydrogen (secondary N) is 2. The molecule has 0 saturated carbocycles. The van der Waals surface area contributed by atoms with Crippen molar-refractivity contribution in [1.82, 2.24) is 54.8 Å². The molecular weight excluding hydrogens is 610 g/mol. The second-order valence-electron chi connectivity index (χ2n) is 11.1. The van der Waals surface area contributed by atoms with Gasteiger partial charge in [-0.05, 0) is 12.1 Å². The SMILES string of the molecule is Clc1ccc2c3nc4nc(nc5[nH]c(nc6nc(nc([nH]3)c2c1-c1ncncn1)-c1ccccc1-6)c1ccccc51)-c1ccccc1-4. The predicted molar refractivity (Wildman–Crippen MR) is 180 cm³/mol. The van der Waals surface area contributed by atoms with Gasteiger partial charge in [0.1, 0.15) is 35.2 Å². The Kier molecular flexibility index (Phi) is 5.37. The molecule has 47 heavy (non-hydrogen) atoms. The van der Waals surface area contributed by atoms with Crippen LogP contribution in [0.5, 0.6) is 0 Å². The maximum Gasteiger partial charge on any atom is 0.164 e. The number of H-pyrrole nitrogens is 2. The van der Waals surface area contributed by atoms with Gasteiger partial charge in [-0.15, -0.1) is 0 Å². The molecule has 0 radical (unpaired) electrons. The number of nitrogens with zero attached hydrogens (tertiary/aromatic N) is 9. The van der Waals surface area contributed by atoms with E-state index in [-0.39, 0.29) is 0 Å². The zero-order chi connectivity index (χ0) is 31.1. The largest absolute Gasteiger partial charge is 0.324 e. The quantitative estimate of drug-likeness (QED) is 0.190. The smallest absolute Gasteiger partial charge is 0.164 e. The Bertz CT molecular complexity index is 2770. The molecule has 11 nitrogen and oxygen atoms in total. The van der Waals surface area contributed by atoms with Crippen LogP contribution in [0.2, 0.25) is 5.02 Å². The minimum absolute atomic E-state index is 0.409. The summed E-state index contributed by atoms with van der Waals surface area (Å²) < 4.78 is 0. The lowest BCUT2D eigenvalue weighted by Gasteiger charge is -2.04. The molecule has 8 bridgehead atoms. The summed E-state index contributed by atoms with van der Waals surface area (Å²) in [4.78, 5) is 49.9. The average molecular weight is 628 g/mol. The Balaban J connectivity index is 1.43. The van der Waals surface area contributed by atoms with Crippen molar-refractivity contribution < 1.29 is 0 Å². The molecule has 4 aromatic heterocycles. The van der Waals surface area contributed by atoms with Crippen LogP contribution < -0.4 is 0 Å². The summed E-state index contributed by atoms with van der Waals surface area (Å²) in [6.07, 6.45) is 2.88. The van der Waals surface area contributed by atoms with Crippen LogP contribution in [0.1, 0.15) is 0 Å². The third kappa shape index (κ3) is 3.90. The van der Waals surface area contributed by atoms with Crippen LogP contribution in [0.4, 0.5) is 0 Å². The molecule has 0 atom stereocenters. The molecule has 2 N–H and O–H groups in total. The highest BCUT2D eigenvalue weighted by molar-refractivity contribution is 6.36. The van der Waals surface area contributed by atoms with E-state index in [9.17, 15) is 0 Å². The van der Waals surface area contributed by atoms with E-state index in [0.29, 0.717) is 67.7 Å². The van der Waals surface area contributed by atoms with Crippen molar-refractivity contribution >= 4 is 55.7 Å². The molecule has 0 unspecified atom stereocenters. The summed E-state index contributed by atoms with van der Waals surface area (Å²) in [5.41, 5.74) is 6.35. The Morgan fingerprint density at radius 1 is 0.426 bits per heavy atom. The number of aromatic amines is 2. The summed E-state index contributed by atoms with van der Waals surface area (Å²) in [7, 11) is 0. The molecule has 0 amide bonds.